The van der Waals surface area contributed by atoms with Crippen LogP contribution in [0.25, 0.3) is 10.9 Å². The number of likely N-dealkylation sites (N-methyl/N-ethyl adjacent to an activating group) is 1. The van der Waals surface area contributed by atoms with Gasteiger partial charge in [-0.15, -0.1) is 21.5 Å². The quantitative estimate of drug-likeness (QED) is 0.310. The SMILES string of the molecule is CN1CCc2nc(C(=O)Nc3cc(C(=O)O)ccc3CCC(=O)Nc3cc4ccc(Cl)cc4nn3)sc2C1. The summed E-state index contributed by atoms with van der Waals surface area (Å²) >= 11 is 7.31. The van der Waals surface area contributed by atoms with Crippen molar-refractivity contribution in [3.05, 3.63) is 74.2 Å². The highest BCUT2D eigenvalue weighted by Gasteiger charge is 2.22. The number of thiazole rings is 1. The average molecular weight is 551 g/mol. The number of aromatic carboxylic acids is 1. The molecule has 0 atom stereocenters. The smallest absolute Gasteiger partial charge is 0.335 e. The maximum absolute atomic E-state index is 13.0. The predicted octanol–water partition coefficient (Wildman–Crippen LogP) is 4.25. The van der Waals surface area contributed by atoms with Gasteiger partial charge in [0.05, 0.1) is 16.8 Å². The third-order valence-electron chi connectivity index (χ3n) is 6.16. The molecule has 0 bridgehead atoms. The van der Waals surface area contributed by atoms with E-state index in [1.807, 2.05) is 7.05 Å². The van der Waals surface area contributed by atoms with Crippen molar-refractivity contribution in [2.24, 2.45) is 0 Å². The van der Waals surface area contributed by atoms with Crippen LogP contribution in [0.2, 0.25) is 5.02 Å². The van der Waals surface area contributed by atoms with E-state index in [-0.39, 0.29) is 24.3 Å². The lowest BCUT2D eigenvalue weighted by Crippen LogP contribution is -2.25. The van der Waals surface area contributed by atoms with E-state index in [9.17, 15) is 19.5 Å². The average Bonchev–Trinajstić information content (AvgIpc) is 3.31. The van der Waals surface area contributed by atoms with Gasteiger partial charge < -0.3 is 20.6 Å². The molecule has 0 unspecified atom stereocenters. The van der Waals surface area contributed by atoms with Crippen LogP contribution in [0.4, 0.5) is 11.5 Å². The van der Waals surface area contributed by atoms with Gasteiger partial charge in [0.15, 0.2) is 10.8 Å². The second-order valence-corrected chi connectivity index (χ2v) is 10.5. The zero-order chi connectivity index (χ0) is 26.8. The molecule has 0 aliphatic carbocycles. The normalized spacial score (nSPS) is 13.2. The maximum atomic E-state index is 13.0. The standard InChI is InChI=1S/C26H23ClN6O4S/c1-33-9-8-18-21(13-33)38-25(29-18)24(35)28-19-10-16(26(36)37)3-2-14(19)5-7-23(34)30-22-11-15-4-6-17(27)12-20(15)31-32-22/h2-4,6,10-12H,5,7-9,13H2,1H3,(H,28,35)(H,36,37)(H,30,32,34). The summed E-state index contributed by atoms with van der Waals surface area (Å²) < 4.78 is 0. The molecule has 0 saturated heterocycles. The number of anilines is 2. The minimum Gasteiger partial charge on any atom is -0.478 e. The van der Waals surface area contributed by atoms with Crippen molar-refractivity contribution in [3.63, 3.8) is 0 Å². The molecule has 2 aromatic heterocycles. The van der Waals surface area contributed by atoms with Crippen molar-refractivity contribution >= 4 is 63.1 Å². The number of halogens is 1. The predicted molar refractivity (Wildman–Crippen MR) is 145 cm³/mol. The Morgan fingerprint density at radius 1 is 1.11 bits per heavy atom. The van der Waals surface area contributed by atoms with Crippen LogP contribution in [0.1, 0.15) is 42.7 Å². The van der Waals surface area contributed by atoms with E-state index >= 15 is 0 Å². The Morgan fingerprint density at radius 2 is 1.95 bits per heavy atom. The third-order valence-corrected chi connectivity index (χ3v) is 7.48. The molecule has 0 saturated carbocycles. The Labute approximate surface area is 226 Å². The Bertz CT molecular complexity index is 1570. The van der Waals surface area contributed by atoms with Gasteiger partial charge in [0, 0.05) is 46.9 Å². The molecule has 0 spiro atoms. The van der Waals surface area contributed by atoms with E-state index in [1.165, 1.54) is 23.5 Å². The zero-order valence-corrected chi connectivity index (χ0v) is 21.9. The fourth-order valence-electron chi connectivity index (χ4n) is 4.16. The van der Waals surface area contributed by atoms with E-state index in [2.05, 4.69) is 30.7 Å². The van der Waals surface area contributed by atoms with Crippen LogP contribution >= 0.6 is 22.9 Å². The molecular formula is C26H23ClN6O4S. The highest BCUT2D eigenvalue weighted by Crippen LogP contribution is 2.27. The summed E-state index contributed by atoms with van der Waals surface area (Å²) in [5.74, 6) is -1.53. The molecule has 10 nitrogen and oxygen atoms in total. The second kappa shape index (κ2) is 10.8. The van der Waals surface area contributed by atoms with Gasteiger partial charge in [-0.05, 0) is 49.4 Å². The van der Waals surface area contributed by atoms with Crippen LogP contribution in [-0.4, -0.2) is 56.6 Å². The summed E-state index contributed by atoms with van der Waals surface area (Å²) in [6.45, 7) is 1.62. The van der Waals surface area contributed by atoms with Crippen molar-refractivity contribution in [3.8, 4) is 0 Å². The van der Waals surface area contributed by atoms with Crippen molar-refractivity contribution < 1.29 is 19.5 Å². The number of rotatable bonds is 7. The van der Waals surface area contributed by atoms with Gasteiger partial charge in [0.25, 0.3) is 5.91 Å². The summed E-state index contributed by atoms with van der Waals surface area (Å²) in [4.78, 5) is 44.9. The summed E-state index contributed by atoms with van der Waals surface area (Å²) in [5.41, 5.74) is 2.52. The largest absolute Gasteiger partial charge is 0.478 e. The monoisotopic (exact) mass is 550 g/mol. The van der Waals surface area contributed by atoms with Crippen molar-refractivity contribution in [2.75, 3.05) is 24.2 Å². The van der Waals surface area contributed by atoms with E-state index in [1.54, 1.807) is 30.3 Å². The number of nitrogens with one attached hydrogen (secondary N) is 2. The highest BCUT2D eigenvalue weighted by molar-refractivity contribution is 7.13. The molecule has 1 aliphatic rings. The van der Waals surface area contributed by atoms with Crippen LogP contribution in [0.3, 0.4) is 0 Å². The molecule has 38 heavy (non-hydrogen) atoms. The Morgan fingerprint density at radius 3 is 2.76 bits per heavy atom. The lowest BCUT2D eigenvalue weighted by atomic mass is 10.0. The number of fused-ring (bicyclic) bond motifs is 2. The van der Waals surface area contributed by atoms with Crippen LogP contribution in [0.15, 0.2) is 42.5 Å². The number of carbonyl (C=O) groups excluding carboxylic acids is 2. The number of carboxylic acids is 1. The fourth-order valence-corrected chi connectivity index (χ4v) is 5.41. The van der Waals surface area contributed by atoms with Crippen LogP contribution in [-0.2, 0) is 24.2 Å². The minimum absolute atomic E-state index is 0.0279. The van der Waals surface area contributed by atoms with Crippen molar-refractivity contribution in [1.82, 2.24) is 20.1 Å². The molecule has 2 amide bonds. The molecule has 5 rings (SSSR count). The molecule has 1 aliphatic heterocycles. The maximum Gasteiger partial charge on any atom is 0.335 e. The summed E-state index contributed by atoms with van der Waals surface area (Å²) in [6, 6.07) is 11.4. The van der Waals surface area contributed by atoms with Crippen LogP contribution in [0.5, 0.6) is 0 Å². The first-order valence-electron chi connectivity index (χ1n) is 11.8. The number of carbonyl (C=O) groups is 3. The summed E-state index contributed by atoms with van der Waals surface area (Å²) in [7, 11) is 2.02. The number of aryl methyl sites for hydroxylation is 1. The molecule has 0 fully saturated rings. The molecule has 12 heteroatoms. The molecule has 4 aromatic rings. The van der Waals surface area contributed by atoms with Gasteiger partial charge in [-0.1, -0.05) is 23.7 Å². The molecule has 0 radical (unpaired) electrons. The fraction of sp³-hybridized carbons (Fsp3) is 0.231. The van der Waals surface area contributed by atoms with Crippen molar-refractivity contribution in [1.29, 1.82) is 0 Å². The Kier molecular flexibility index (Phi) is 7.32. The van der Waals surface area contributed by atoms with Gasteiger partial charge in [-0.2, -0.15) is 0 Å². The van der Waals surface area contributed by atoms with Gasteiger partial charge in [-0.3, -0.25) is 9.59 Å². The number of aromatic nitrogens is 3. The van der Waals surface area contributed by atoms with E-state index in [4.69, 9.17) is 11.6 Å². The second-order valence-electron chi connectivity index (χ2n) is 8.99. The van der Waals surface area contributed by atoms with E-state index in [0.29, 0.717) is 32.6 Å². The number of hydrogen-bond acceptors (Lipinski definition) is 8. The van der Waals surface area contributed by atoms with Gasteiger partial charge in [-0.25, -0.2) is 9.78 Å². The van der Waals surface area contributed by atoms with E-state index < -0.39 is 11.9 Å². The highest BCUT2D eigenvalue weighted by atomic mass is 35.5. The topological polar surface area (TPSA) is 137 Å². The number of amides is 2. The first-order chi connectivity index (χ1) is 18.2. The number of benzene rings is 2. The van der Waals surface area contributed by atoms with Crippen molar-refractivity contribution in [2.45, 2.75) is 25.8 Å². The minimum atomic E-state index is -1.12. The van der Waals surface area contributed by atoms with E-state index in [0.717, 1.165) is 35.5 Å². The van der Waals surface area contributed by atoms with Gasteiger partial charge in [0.2, 0.25) is 5.91 Å². The number of carboxylic acid groups (broad SMARTS) is 1. The molecule has 3 N–H and O–H groups in total. The summed E-state index contributed by atoms with van der Waals surface area (Å²) in [5, 5.41) is 24.7. The Hall–Kier alpha value is -3.93. The molecule has 3 heterocycles. The summed E-state index contributed by atoms with van der Waals surface area (Å²) in [6.07, 6.45) is 1.12. The first-order valence-corrected chi connectivity index (χ1v) is 13.0. The molecule has 194 valence electrons. The van der Waals surface area contributed by atoms with Gasteiger partial charge >= 0.3 is 5.97 Å². The lowest BCUT2D eigenvalue weighted by molar-refractivity contribution is -0.116. The molecular weight excluding hydrogens is 528 g/mol. The number of hydrogen-bond donors (Lipinski definition) is 3. The van der Waals surface area contributed by atoms with Gasteiger partial charge in [0.1, 0.15) is 0 Å². The Balaban J connectivity index is 1.29. The number of nitrogens with zero attached hydrogens (tertiary/aromatic N) is 4. The van der Waals surface area contributed by atoms with Crippen LogP contribution in [0, 0.1) is 0 Å². The first kappa shape index (κ1) is 25.7. The van der Waals surface area contributed by atoms with Crippen LogP contribution < -0.4 is 10.6 Å². The third kappa shape index (κ3) is 5.80. The lowest BCUT2D eigenvalue weighted by Gasteiger charge is -2.20. The zero-order valence-electron chi connectivity index (χ0n) is 20.3. The molecule has 2 aromatic carbocycles.